The number of hydrogen-bond donors (Lipinski definition) is 1. The normalized spacial score (nSPS) is 20.3. The summed E-state index contributed by atoms with van der Waals surface area (Å²) in [6.07, 6.45) is 5.36. The summed E-state index contributed by atoms with van der Waals surface area (Å²) in [5, 5.41) is 0. The van der Waals surface area contributed by atoms with Crippen LogP contribution in [0.4, 0.5) is 0 Å². The quantitative estimate of drug-likeness (QED) is 0.580. The number of fused-ring (bicyclic) bond motifs is 1. The molecule has 0 aliphatic heterocycles. The van der Waals surface area contributed by atoms with E-state index in [4.69, 9.17) is 12.2 Å². The Balaban J connectivity index is 2.44. The van der Waals surface area contributed by atoms with Gasteiger partial charge in [0.2, 0.25) is 0 Å². The van der Waals surface area contributed by atoms with E-state index in [2.05, 4.69) is 30.6 Å². The molecule has 74 valence electrons. The van der Waals surface area contributed by atoms with E-state index in [1.807, 2.05) is 6.20 Å². The van der Waals surface area contributed by atoms with E-state index in [9.17, 15) is 0 Å². The smallest absolute Gasteiger partial charge is 0.0538 e. The molecule has 1 atom stereocenters. The number of rotatable bonds is 1. The molecule has 0 spiro atoms. The third kappa shape index (κ3) is 1.84. The summed E-state index contributed by atoms with van der Waals surface area (Å²) < 4.78 is 0.780. The molecule has 1 aromatic rings. The van der Waals surface area contributed by atoms with E-state index in [0.717, 1.165) is 22.7 Å². The summed E-state index contributed by atoms with van der Waals surface area (Å²) in [7, 11) is 0. The topological polar surface area (TPSA) is 12.9 Å². The average Bonchev–Trinajstić information content (AvgIpc) is 2.16. The van der Waals surface area contributed by atoms with Crippen LogP contribution >= 0.6 is 24.8 Å². The van der Waals surface area contributed by atoms with Crippen LogP contribution in [-0.4, -0.2) is 9.18 Å². The monoisotopic (exact) mass is 223 g/mol. The van der Waals surface area contributed by atoms with Crippen molar-refractivity contribution < 1.29 is 0 Å². The van der Waals surface area contributed by atoms with Gasteiger partial charge in [-0.3, -0.25) is 4.98 Å². The van der Waals surface area contributed by atoms with Gasteiger partial charge in [-0.05, 0) is 37.3 Å². The minimum absolute atomic E-state index is 0.290. The van der Waals surface area contributed by atoms with E-state index >= 15 is 0 Å². The lowest BCUT2D eigenvalue weighted by molar-refractivity contribution is 0.639. The van der Waals surface area contributed by atoms with Gasteiger partial charge >= 0.3 is 0 Å². The van der Waals surface area contributed by atoms with Gasteiger partial charge in [-0.1, -0.05) is 18.3 Å². The molecule has 0 amide bonds. The third-order valence-electron chi connectivity index (χ3n) is 2.71. The van der Waals surface area contributed by atoms with Crippen LogP contribution in [0.1, 0.15) is 35.6 Å². The van der Waals surface area contributed by atoms with Gasteiger partial charge in [0, 0.05) is 12.1 Å². The number of pyridine rings is 1. The highest BCUT2D eigenvalue weighted by molar-refractivity contribution is 8.11. The molecule has 14 heavy (non-hydrogen) atoms. The van der Waals surface area contributed by atoms with Gasteiger partial charge in [-0.2, -0.15) is 0 Å². The first kappa shape index (κ1) is 10.1. The maximum Gasteiger partial charge on any atom is 0.0538 e. The molecule has 2 rings (SSSR count). The van der Waals surface area contributed by atoms with Crippen LogP contribution in [0.25, 0.3) is 0 Å². The lowest BCUT2D eigenvalue weighted by atomic mass is 9.87. The van der Waals surface area contributed by atoms with E-state index in [1.165, 1.54) is 17.5 Å². The van der Waals surface area contributed by atoms with Crippen molar-refractivity contribution >= 4 is 29.0 Å². The molecule has 1 unspecified atom stereocenters. The summed E-state index contributed by atoms with van der Waals surface area (Å²) in [6.45, 7) is 2.08. The number of nitrogens with zero attached hydrogens (tertiary/aromatic N) is 1. The molecule has 0 fully saturated rings. The zero-order chi connectivity index (χ0) is 10.1. The summed E-state index contributed by atoms with van der Waals surface area (Å²) in [4.78, 5) is 4.49. The first-order chi connectivity index (χ1) is 6.68. The standard InChI is InChI=1S/C11H13NS2/c1-7-5-8-3-2-4-9(11(13)14)10(8)12-6-7/h5-6,9H,2-4H2,1H3,(H,13,14). The van der Waals surface area contributed by atoms with Gasteiger partial charge < -0.3 is 0 Å². The number of aromatic nitrogens is 1. The van der Waals surface area contributed by atoms with E-state index < -0.39 is 0 Å². The molecular formula is C11H13NS2. The lowest BCUT2D eigenvalue weighted by Gasteiger charge is -2.23. The molecular weight excluding hydrogens is 210 g/mol. The Bertz CT molecular complexity index is 374. The summed E-state index contributed by atoms with van der Waals surface area (Å²) >= 11 is 9.43. The molecule has 0 N–H and O–H groups in total. The summed E-state index contributed by atoms with van der Waals surface area (Å²) in [5.41, 5.74) is 3.74. The fourth-order valence-electron chi connectivity index (χ4n) is 2.03. The highest BCUT2D eigenvalue weighted by Gasteiger charge is 2.23. The van der Waals surface area contributed by atoms with Crippen molar-refractivity contribution in [3.05, 3.63) is 29.1 Å². The molecule has 3 heteroatoms. The van der Waals surface area contributed by atoms with Crippen molar-refractivity contribution in [1.82, 2.24) is 4.98 Å². The fraction of sp³-hybridized carbons (Fsp3) is 0.455. The molecule has 0 bridgehead atoms. The van der Waals surface area contributed by atoms with E-state index in [1.54, 1.807) is 0 Å². The molecule has 1 heterocycles. The largest absolute Gasteiger partial charge is 0.260 e. The maximum absolute atomic E-state index is 5.15. The minimum atomic E-state index is 0.290. The Kier molecular flexibility index (Phi) is 2.88. The van der Waals surface area contributed by atoms with Crippen molar-refractivity contribution in [2.45, 2.75) is 32.1 Å². The molecule has 0 saturated carbocycles. The lowest BCUT2D eigenvalue weighted by Crippen LogP contribution is -2.15. The molecule has 0 saturated heterocycles. The van der Waals surface area contributed by atoms with Gasteiger partial charge in [0.15, 0.2) is 0 Å². The predicted molar refractivity (Wildman–Crippen MR) is 66.2 cm³/mol. The molecule has 0 aromatic carbocycles. The Morgan fingerprint density at radius 1 is 1.64 bits per heavy atom. The van der Waals surface area contributed by atoms with Crippen molar-refractivity contribution in [2.24, 2.45) is 0 Å². The van der Waals surface area contributed by atoms with Gasteiger partial charge in [-0.25, -0.2) is 0 Å². The molecule has 0 radical (unpaired) electrons. The van der Waals surface area contributed by atoms with E-state index in [-0.39, 0.29) is 5.92 Å². The second-order valence-corrected chi connectivity index (χ2v) is 5.06. The first-order valence-corrected chi connectivity index (χ1v) is 5.72. The third-order valence-corrected chi connectivity index (χ3v) is 3.30. The van der Waals surface area contributed by atoms with Crippen LogP contribution in [0.2, 0.25) is 0 Å². The predicted octanol–water partition coefficient (Wildman–Crippen LogP) is 3.07. The maximum atomic E-state index is 5.15. The van der Waals surface area contributed by atoms with Crippen LogP contribution in [-0.2, 0) is 6.42 Å². The second kappa shape index (κ2) is 3.99. The number of thiol groups is 1. The van der Waals surface area contributed by atoms with Crippen molar-refractivity contribution in [1.29, 1.82) is 0 Å². The number of aryl methyl sites for hydroxylation is 2. The zero-order valence-electron chi connectivity index (χ0n) is 8.16. The Labute approximate surface area is 95.3 Å². The number of thiocarbonyl (C=S) groups is 1. The zero-order valence-corrected chi connectivity index (χ0v) is 9.87. The SMILES string of the molecule is Cc1cnc2c(c1)CCCC2C(=S)S. The van der Waals surface area contributed by atoms with Gasteiger partial charge in [-0.15, -0.1) is 12.6 Å². The number of hydrogen-bond acceptors (Lipinski definition) is 2. The molecule has 1 nitrogen and oxygen atoms in total. The van der Waals surface area contributed by atoms with Crippen LogP contribution in [0.15, 0.2) is 12.3 Å². The molecule has 1 aliphatic carbocycles. The van der Waals surface area contributed by atoms with Crippen LogP contribution in [0, 0.1) is 6.92 Å². The Hall–Kier alpha value is -0.410. The van der Waals surface area contributed by atoms with Gasteiger partial charge in [0.1, 0.15) is 0 Å². The molecule has 1 aliphatic rings. The van der Waals surface area contributed by atoms with Crippen LogP contribution < -0.4 is 0 Å². The fourth-order valence-corrected chi connectivity index (χ4v) is 2.51. The Morgan fingerprint density at radius 2 is 2.43 bits per heavy atom. The average molecular weight is 223 g/mol. The second-order valence-electron chi connectivity index (χ2n) is 3.84. The first-order valence-electron chi connectivity index (χ1n) is 4.86. The van der Waals surface area contributed by atoms with Crippen molar-refractivity contribution in [2.75, 3.05) is 0 Å². The van der Waals surface area contributed by atoms with E-state index in [0.29, 0.717) is 0 Å². The van der Waals surface area contributed by atoms with Crippen molar-refractivity contribution in [3.63, 3.8) is 0 Å². The summed E-state index contributed by atoms with van der Waals surface area (Å²) in [6, 6.07) is 2.22. The molecule has 1 aromatic heterocycles. The summed E-state index contributed by atoms with van der Waals surface area (Å²) in [5.74, 6) is 0.290. The van der Waals surface area contributed by atoms with Crippen LogP contribution in [0.5, 0.6) is 0 Å². The van der Waals surface area contributed by atoms with Crippen LogP contribution in [0.3, 0.4) is 0 Å². The van der Waals surface area contributed by atoms with Gasteiger partial charge in [0.25, 0.3) is 0 Å². The van der Waals surface area contributed by atoms with Gasteiger partial charge in [0.05, 0.1) is 9.89 Å². The minimum Gasteiger partial charge on any atom is -0.260 e. The Morgan fingerprint density at radius 3 is 3.14 bits per heavy atom. The van der Waals surface area contributed by atoms with Crippen molar-refractivity contribution in [3.8, 4) is 0 Å². The highest BCUT2D eigenvalue weighted by atomic mass is 32.1. The highest BCUT2D eigenvalue weighted by Crippen LogP contribution is 2.32.